The summed E-state index contributed by atoms with van der Waals surface area (Å²) in [5.74, 6) is 0.829. The summed E-state index contributed by atoms with van der Waals surface area (Å²) in [4.78, 5) is 13.9. The second kappa shape index (κ2) is 6.06. The first-order chi connectivity index (χ1) is 9.06. The number of carbonyl (C=O) groups is 1. The SMILES string of the molecule is Cc1cc(N(C)C)ccc1NC(=O)CNCC1CC1. The van der Waals surface area contributed by atoms with Crippen LogP contribution in [0.15, 0.2) is 18.2 Å². The van der Waals surface area contributed by atoms with Gasteiger partial charge in [0.15, 0.2) is 0 Å². The maximum atomic E-state index is 11.8. The molecule has 0 spiro atoms. The lowest BCUT2D eigenvalue weighted by Crippen LogP contribution is -2.29. The Morgan fingerprint density at radius 2 is 2.11 bits per heavy atom. The summed E-state index contributed by atoms with van der Waals surface area (Å²) in [6, 6.07) is 6.05. The monoisotopic (exact) mass is 261 g/mol. The largest absolute Gasteiger partial charge is 0.378 e. The van der Waals surface area contributed by atoms with Crippen molar-refractivity contribution in [2.24, 2.45) is 5.92 Å². The molecule has 104 valence electrons. The van der Waals surface area contributed by atoms with Gasteiger partial charge in [-0.15, -0.1) is 0 Å². The summed E-state index contributed by atoms with van der Waals surface area (Å²) < 4.78 is 0. The van der Waals surface area contributed by atoms with E-state index in [0.717, 1.165) is 29.4 Å². The van der Waals surface area contributed by atoms with Crippen LogP contribution >= 0.6 is 0 Å². The summed E-state index contributed by atoms with van der Waals surface area (Å²) in [6.45, 7) is 3.37. The molecule has 1 aliphatic rings. The van der Waals surface area contributed by atoms with Gasteiger partial charge < -0.3 is 15.5 Å². The van der Waals surface area contributed by atoms with Crippen LogP contribution in [-0.2, 0) is 4.79 Å². The third-order valence-corrected chi connectivity index (χ3v) is 3.42. The molecule has 1 aromatic rings. The van der Waals surface area contributed by atoms with Crippen LogP contribution < -0.4 is 15.5 Å². The summed E-state index contributed by atoms with van der Waals surface area (Å²) in [6.07, 6.45) is 2.61. The molecule has 0 unspecified atom stereocenters. The van der Waals surface area contributed by atoms with Crippen molar-refractivity contribution in [2.75, 3.05) is 37.4 Å². The molecule has 0 saturated heterocycles. The summed E-state index contributed by atoms with van der Waals surface area (Å²) in [7, 11) is 4.02. The van der Waals surface area contributed by atoms with Crippen LogP contribution in [0.4, 0.5) is 11.4 Å². The van der Waals surface area contributed by atoms with Gasteiger partial charge >= 0.3 is 0 Å². The molecule has 0 heterocycles. The molecule has 1 aliphatic carbocycles. The molecule has 0 bridgehead atoms. The molecule has 0 atom stereocenters. The van der Waals surface area contributed by atoms with Crippen molar-refractivity contribution in [3.63, 3.8) is 0 Å². The molecule has 1 fully saturated rings. The maximum absolute atomic E-state index is 11.8. The van der Waals surface area contributed by atoms with Gasteiger partial charge in [0.1, 0.15) is 0 Å². The minimum atomic E-state index is 0.0290. The summed E-state index contributed by atoms with van der Waals surface area (Å²) >= 11 is 0. The number of benzene rings is 1. The second-order valence-electron chi connectivity index (χ2n) is 5.52. The Balaban J connectivity index is 1.85. The van der Waals surface area contributed by atoms with Gasteiger partial charge in [0.05, 0.1) is 6.54 Å². The lowest BCUT2D eigenvalue weighted by molar-refractivity contribution is -0.115. The van der Waals surface area contributed by atoms with Crippen LogP contribution in [0, 0.1) is 12.8 Å². The first-order valence-electron chi connectivity index (χ1n) is 6.85. The molecule has 0 radical (unpaired) electrons. The lowest BCUT2D eigenvalue weighted by atomic mass is 10.1. The Kier molecular flexibility index (Phi) is 4.43. The highest BCUT2D eigenvalue weighted by Crippen LogP contribution is 2.27. The Bertz CT molecular complexity index is 453. The zero-order chi connectivity index (χ0) is 13.8. The third kappa shape index (κ3) is 4.24. The molecule has 0 aromatic heterocycles. The number of anilines is 2. The standard InChI is InChI=1S/C15H23N3O/c1-11-8-13(18(2)3)6-7-14(11)17-15(19)10-16-9-12-4-5-12/h6-8,12,16H,4-5,9-10H2,1-3H3,(H,17,19). The summed E-state index contributed by atoms with van der Waals surface area (Å²) in [5, 5.41) is 6.15. The lowest BCUT2D eigenvalue weighted by Gasteiger charge is -2.15. The minimum absolute atomic E-state index is 0.0290. The van der Waals surface area contributed by atoms with Gasteiger partial charge in [-0.25, -0.2) is 0 Å². The topological polar surface area (TPSA) is 44.4 Å². The van der Waals surface area contributed by atoms with Gasteiger partial charge in [-0.05, 0) is 56.0 Å². The summed E-state index contributed by atoms with van der Waals surface area (Å²) in [5.41, 5.74) is 3.12. The Labute approximate surface area is 115 Å². The van der Waals surface area contributed by atoms with Gasteiger partial charge in [-0.2, -0.15) is 0 Å². The Hall–Kier alpha value is -1.55. The van der Waals surface area contributed by atoms with Crippen LogP contribution in [0.25, 0.3) is 0 Å². The quantitative estimate of drug-likeness (QED) is 0.823. The highest BCUT2D eigenvalue weighted by Gasteiger charge is 2.20. The smallest absolute Gasteiger partial charge is 0.238 e. The predicted octanol–water partition coefficient (Wildman–Crippen LogP) is 2.00. The number of hydrogen-bond donors (Lipinski definition) is 2. The minimum Gasteiger partial charge on any atom is -0.378 e. The molecule has 2 N–H and O–H groups in total. The van der Waals surface area contributed by atoms with E-state index >= 15 is 0 Å². The molecule has 0 aliphatic heterocycles. The van der Waals surface area contributed by atoms with Crippen molar-refractivity contribution in [1.29, 1.82) is 0 Å². The van der Waals surface area contributed by atoms with Crippen molar-refractivity contribution in [1.82, 2.24) is 5.32 Å². The van der Waals surface area contributed by atoms with Crippen LogP contribution in [0.1, 0.15) is 18.4 Å². The molecular formula is C15H23N3O. The van der Waals surface area contributed by atoms with Gasteiger partial charge in [0.25, 0.3) is 0 Å². The van der Waals surface area contributed by atoms with Gasteiger partial charge in [-0.1, -0.05) is 0 Å². The van der Waals surface area contributed by atoms with E-state index in [9.17, 15) is 4.79 Å². The van der Waals surface area contributed by atoms with E-state index in [2.05, 4.69) is 21.6 Å². The molecule has 4 nitrogen and oxygen atoms in total. The second-order valence-corrected chi connectivity index (χ2v) is 5.52. The number of hydrogen-bond acceptors (Lipinski definition) is 3. The van der Waals surface area contributed by atoms with E-state index in [1.807, 2.05) is 33.2 Å². The van der Waals surface area contributed by atoms with E-state index in [0.29, 0.717) is 6.54 Å². The van der Waals surface area contributed by atoms with Gasteiger partial charge in [0, 0.05) is 25.5 Å². The number of nitrogens with zero attached hydrogens (tertiary/aromatic N) is 1. The van der Waals surface area contributed by atoms with Crippen molar-refractivity contribution in [3.8, 4) is 0 Å². The van der Waals surface area contributed by atoms with Crippen molar-refractivity contribution >= 4 is 17.3 Å². The van der Waals surface area contributed by atoms with Gasteiger partial charge in [0.2, 0.25) is 5.91 Å². The molecule has 1 amide bonds. The molecule has 1 aromatic carbocycles. The first kappa shape index (κ1) is 13.9. The number of rotatable bonds is 6. The number of aryl methyl sites for hydroxylation is 1. The predicted molar refractivity (Wildman–Crippen MR) is 79.7 cm³/mol. The van der Waals surface area contributed by atoms with Crippen LogP contribution in [0.3, 0.4) is 0 Å². The van der Waals surface area contributed by atoms with E-state index < -0.39 is 0 Å². The van der Waals surface area contributed by atoms with E-state index in [1.165, 1.54) is 12.8 Å². The van der Waals surface area contributed by atoms with E-state index in [1.54, 1.807) is 0 Å². The third-order valence-electron chi connectivity index (χ3n) is 3.42. The Morgan fingerprint density at radius 1 is 1.37 bits per heavy atom. The van der Waals surface area contributed by atoms with E-state index in [4.69, 9.17) is 0 Å². The highest BCUT2D eigenvalue weighted by atomic mass is 16.1. The normalized spacial score (nSPS) is 14.3. The highest BCUT2D eigenvalue weighted by molar-refractivity contribution is 5.93. The molecule has 4 heteroatoms. The number of amides is 1. The van der Waals surface area contributed by atoms with Crippen LogP contribution in [0.5, 0.6) is 0 Å². The first-order valence-corrected chi connectivity index (χ1v) is 6.85. The van der Waals surface area contributed by atoms with Crippen molar-refractivity contribution < 1.29 is 4.79 Å². The average molecular weight is 261 g/mol. The number of carbonyl (C=O) groups excluding carboxylic acids is 1. The zero-order valence-corrected chi connectivity index (χ0v) is 12.0. The fourth-order valence-corrected chi connectivity index (χ4v) is 1.97. The Morgan fingerprint density at radius 3 is 2.68 bits per heavy atom. The van der Waals surface area contributed by atoms with E-state index in [-0.39, 0.29) is 5.91 Å². The number of nitrogens with one attached hydrogen (secondary N) is 2. The van der Waals surface area contributed by atoms with Crippen molar-refractivity contribution in [2.45, 2.75) is 19.8 Å². The van der Waals surface area contributed by atoms with Crippen LogP contribution in [0.2, 0.25) is 0 Å². The van der Waals surface area contributed by atoms with Crippen LogP contribution in [-0.4, -0.2) is 33.1 Å². The molecule has 19 heavy (non-hydrogen) atoms. The zero-order valence-electron chi connectivity index (χ0n) is 12.0. The van der Waals surface area contributed by atoms with Gasteiger partial charge in [-0.3, -0.25) is 4.79 Å². The average Bonchev–Trinajstić information content (AvgIpc) is 3.15. The molecular weight excluding hydrogens is 238 g/mol. The fourth-order valence-electron chi connectivity index (χ4n) is 1.97. The maximum Gasteiger partial charge on any atom is 0.238 e. The fraction of sp³-hybridized carbons (Fsp3) is 0.533. The molecule has 1 saturated carbocycles. The van der Waals surface area contributed by atoms with Crippen molar-refractivity contribution in [3.05, 3.63) is 23.8 Å². The molecule has 2 rings (SSSR count).